The minimum atomic E-state index is -1.57. The smallest absolute Gasteiger partial charge is 0.335 e. The Balaban J connectivity index is 1.98. The first-order valence-electron chi connectivity index (χ1n) is 13.3. The second-order valence-electron chi connectivity index (χ2n) is 11.6. The molecule has 1 saturated heterocycles. The van der Waals surface area contributed by atoms with Gasteiger partial charge in [-0.15, -0.1) is 0 Å². The van der Waals surface area contributed by atoms with Crippen LogP contribution in [0.25, 0.3) is 0 Å². The van der Waals surface area contributed by atoms with Crippen LogP contribution in [0.1, 0.15) is 54.6 Å². The number of carbonyl (C=O) groups is 2. The van der Waals surface area contributed by atoms with E-state index in [0.717, 1.165) is 6.07 Å². The molecule has 226 valence electrons. The molecule has 0 aromatic heterocycles. The lowest BCUT2D eigenvalue weighted by Gasteiger charge is -2.39. The molecule has 0 radical (unpaired) electrons. The molecule has 43 heavy (non-hydrogen) atoms. The summed E-state index contributed by atoms with van der Waals surface area (Å²) >= 11 is 12.3. The fourth-order valence-corrected chi connectivity index (χ4v) is 6.18. The lowest BCUT2D eigenvalue weighted by atomic mass is 9.62. The number of hydrogen-bond donors (Lipinski definition) is 4. The van der Waals surface area contributed by atoms with Gasteiger partial charge in [-0.25, -0.2) is 13.6 Å². The van der Waals surface area contributed by atoms with Crippen LogP contribution >= 0.6 is 23.2 Å². The molecule has 0 aliphatic carbocycles. The number of nitrogens with two attached hydrogens (primary N) is 1. The molecule has 0 spiro atoms. The summed E-state index contributed by atoms with van der Waals surface area (Å²) in [6.45, 7) is 5.93. The van der Waals surface area contributed by atoms with Crippen LogP contribution in [0.3, 0.4) is 0 Å². The van der Waals surface area contributed by atoms with E-state index in [1.807, 2.05) is 20.8 Å². The first kappa shape index (κ1) is 32.1. The molecular formula is C32H31Cl2F2N3O4. The van der Waals surface area contributed by atoms with Crippen molar-refractivity contribution in [3.05, 3.63) is 93.0 Å². The number of nitrogens with one attached hydrogen (secondary N) is 2. The molecule has 1 fully saturated rings. The van der Waals surface area contributed by atoms with Crippen LogP contribution in [0, 0.1) is 29.0 Å². The monoisotopic (exact) mass is 629 g/mol. The highest BCUT2D eigenvalue weighted by molar-refractivity contribution is 6.31. The van der Waals surface area contributed by atoms with Crippen molar-refractivity contribution in [2.75, 3.05) is 12.4 Å². The van der Waals surface area contributed by atoms with Crippen molar-refractivity contribution < 1.29 is 28.2 Å². The van der Waals surface area contributed by atoms with E-state index >= 15 is 8.78 Å². The molecule has 4 rings (SSSR count). The number of rotatable bonds is 7. The standard InChI is InChI=1S/C32H31Cl2F2N3O4/c1-31(2,3)16-25-32(12-13-37,20-10-9-18(33)15-22(20)35)26(19-6-5-7-21(34)27(19)36)28(39-25)29(40)38-23-11-8-17(30(41)42)14-24(23)43-4/h5-11,14-15,25-26,28,39H,16,37H2,1-4H3,(H,38,40)(H,41,42)/t25-,26-,28+,32-/m0/s1. The second kappa shape index (κ2) is 12.4. The van der Waals surface area contributed by atoms with Gasteiger partial charge in [0.05, 0.1) is 34.8 Å². The zero-order valence-corrected chi connectivity index (χ0v) is 25.4. The normalized spacial score (nSPS) is 21.5. The molecule has 5 N–H and O–H groups in total. The molecule has 7 nitrogen and oxygen atoms in total. The summed E-state index contributed by atoms with van der Waals surface area (Å²) in [4.78, 5) is 25.6. The van der Waals surface area contributed by atoms with Crippen molar-refractivity contribution in [3.8, 4) is 17.7 Å². The third kappa shape index (κ3) is 6.28. The predicted octanol–water partition coefficient (Wildman–Crippen LogP) is 6.33. The van der Waals surface area contributed by atoms with E-state index in [9.17, 15) is 14.7 Å². The van der Waals surface area contributed by atoms with Gasteiger partial charge in [0.25, 0.3) is 0 Å². The largest absolute Gasteiger partial charge is 0.495 e. The Bertz CT molecular complexity index is 1630. The van der Waals surface area contributed by atoms with Gasteiger partial charge in [-0.05, 0) is 53.8 Å². The zero-order valence-electron chi connectivity index (χ0n) is 23.9. The van der Waals surface area contributed by atoms with E-state index < -0.39 is 46.9 Å². The maximum Gasteiger partial charge on any atom is 0.335 e. The molecule has 3 aromatic carbocycles. The molecule has 0 unspecified atom stereocenters. The summed E-state index contributed by atoms with van der Waals surface area (Å²) in [5.41, 5.74) is 4.16. The van der Waals surface area contributed by atoms with Crippen LogP contribution in [0.2, 0.25) is 10.0 Å². The topological polar surface area (TPSA) is 114 Å². The fraction of sp³-hybridized carbons (Fsp3) is 0.312. The summed E-state index contributed by atoms with van der Waals surface area (Å²) in [6, 6.07) is 13.0. The van der Waals surface area contributed by atoms with Crippen LogP contribution < -0.4 is 21.1 Å². The third-order valence-corrected chi connectivity index (χ3v) is 8.06. The molecule has 4 atom stereocenters. The van der Waals surface area contributed by atoms with Crippen LogP contribution in [-0.2, 0) is 10.2 Å². The Morgan fingerprint density at radius 3 is 2.47 bits per heavy atom. The highest BCUT2D eigenvalue weighted by Crippen LogP contribution is 2.53. The SMILES string of the molecule is COc1cc(C(=O)O)ccc1NC(=O)[C@@H]1N[C@@H](CC(C)(C)C)[C@](C#CN)(c2ccc(Cl)cc2F)[C@H]1c1cccc(Cl)c1F. The van der Waals surface area contributed by atoms with E-state index in [2.05, 4.69) is 22.6 Å². The minimum absolute atomic E-state index is 0.0295. The van der Waals surface area contributed by atoms with E-state index in [-0.39, 0.29) is 43.6 Å². The van der Waals surface area contributed by atoms with Gasteiger partial charge in [0.15, 0.2) is 0 Å². The number of carboxylic acid groups (broad SMARTS) is 1. The zero-order chi connectivity index (χ0) is 31.7. The Kier molecular flexibility index (Phi) is 9.26. The molecule has 3 aromatic rings. The van der Waals surface area contributed by atoms with E-state index in [1.54, 1.807) is 6.07 Å². The number of aromatic carboxylic acids is 1. The Labute approximate surface area is 258 Å². The first-order chi connectivity index (χ1) is 20.2. The number of hydrogen-bond acceptors (Lipinski definition) is 5. The summed E-state index contributed by atoms with van der Waals surface area (Å²) in [5.74, 6) is -1.34. The van der Waals surface area contributed by atoms with Gasteiger partial charge in [-0.2, -0.15) is 0 Å². The van der Waals surface area contributed by atoms with Crippen molar-refractivity contribution in [1.82, 2.24) is 5.32 Å². The van der Waals surface area contributed by atoms with Crippen LogP contribution in [0.5, 0.6) is 5.75 Å². The van der Waals surface area contributed by atoms with Gasteiger partial charge in [-0.3, -0.25) is 4.79 Å². The third-order valence-electron chi connectivity index (χ3n) is 7.53. The lowest BCUT2D eigenvalue weighted by molar-refractivity contribution is -0.118. The van der Waals surface area contributed by atoms with Gasteiger partial charge in [0.2, 0.25) is 5.91 Å². The number of methoxy groups -OCH3 is 1. The fourth-order valence-electron chi connectivity index (χ4n) is 5.84. The first-order valence-corrected chi connectivity index (χ1v) is 14.1. The van der Waals surface area contributed by atoms with Crippen molar-refractivity contribution in [3.63, 3.8) is 0 Å². The predicted molar refractivity (Wildman–Crippen MR) is 163 cm³/mol. The summed E-state index contributed by atoms with van der Waals surface area (Å²) in [7, 11) is 1.33. The Hall–Kier alpha value is -3.84. The summed E-state index contributed by atoms with van der Waals surface area (Å²) < 4.78 is 37.2. The molecule has 0 bridgehead atoms. The molecular weight excluding hydrogens is 599 g/mol. The quantitative estimate of drug-likeness (QED) is 0.179. The maximum absolute atomic E-state index is 15.9. The van der Waals surface area contributed by atoms with Crippen molar-refractivity contribution >= 4 is 40.8 Å². The molecule has 1 heterocycles. The number of carbonyl (C=O) groups excluding carboxylic acids is 1. The maximum atomic E-state index is 15.9. The second-order valence-corrected chi connectivity index (χ2v) is 12.4. The Morgan fingerprint density at radius 1 is 1.14 bits per heavy atom. The molecule has 0 saturated carbocycles. The summed E-state index contributed by atoms with van der Waals surface area (Å²) in [6.07, 6.45) is 0.378. The number of halogens is 4. The van der Waals surface area contributed by atoms with E-state index in [1.165, 1.54) is 49.6 Å². The van der Waals surface area contributed by atoms with Crippen LogP contribution in [0.4, 0.5) is 14.5 Å². The van der Waals surface area contributed by atoms with Crippen molar-refractivity contribution in [2.45, 2.75) is 50.6 Å². The van der Waals surface area contributed by atoms with Crippen molar-refractivity contribution in [1.29, 1.82) is 0 Å². The van der Waals surface area contributed by atoms with Crippen LogP contribution in [-0.4, -0.2) is 36.2 Å². The van der Waals surface area contributed by atoms with Gasteiger partial charge >= 0.3 is 5.97 Å². The molecule has 1 aliphatic rings. The minimum Gasteiger partial charge on any atom is -0.495 e. The summed E-state index contributed by atoms with van der Waals surface area (Å²) in [5, 5.41) is 15.4. The van der Waals surface area contributed by atoms with Gasteiger partial charge in [0, 0.05) is 28.6 Å². The highest BCUT2D eigenvalue weighted by Gasteiger charge is 2.60. The lowest BCUT2D eigenvalue weighted by Crippen LogP contribution is -2.45. The van der Waals surface area contributed by atoms with Gasteiger partial charge < -0.3 is 26.2 Å². The van der Waals surface area contributed by atoms with Gasteiger partial charge in [-0.1, -0.05) is 68.1 Å². The molecule has 1 aliphatic heterocycles. The number of anilines is 1. The van der Waals surface area contributed by atoms with Crippen LogP contribution in [0.15, 0.2) is 54.6 Å². The van der Waals surface area contributed by atoms with E-state index in [4.69, 9.17) is 33.7 Å². The number of amides is 1. The number of benzene rings is 3. The number of ether oxygens (including phenoxy) is 1. The Morgan fingerprint density at radius 2 is 1.86 bits per heavy atom. The molecule has 11 heteroatoms. The average Bonchev–Trinajstić information content (AvgIpc) is 3.23. The van der Waals surface area contributed by atoms with Crippen molar-refractivity contribution in [2.24, 2.45) is 11.1 Å². The average molecular weight is 631 g/mol. The van der Waals surface area contributed by atoms with Gasteiger partial charge in [0.1, 0.15) is 17.4 Å². The highest BCUT2D eigenvalue weighted by atomic mass is 35.5. The number of carboxylic acids is 1. The van der Waals surface area contributed by atoms with E-state index in [0.29, 0.717) is 6.42 Å². The molecule has 1 amide bonds.